The summed E-state index contributed by atoms with van der Waals surface area (Å²) in [6.07, 6.45) is -1.87. The fourth-order valence-electron chi connectivity index (χ4n) is 5.60. The summed E-state index contributed by atoms with van der Waals surface area (Å²) in [4.78, 5) is 39.9. The number of likely N-dealkylation sites (N-methyl/N-ethyl adjacent to an activating group) is 1. The van der Waals surface area contributed by atoms with E-state index in [0.29, 0.717) is 0 Å². The number of Topliss-reactive ketones (excluding diaryl/α,β-unsaturated/α-hetero) is 2. The highest BCUT2D eigenvalue weighted by molar-refractivity contribution is 6.24. The first-order valence-corrected chi connectivity index (χ1v) is 10.1. The van der Waals surface area contributed by atoms with Crippen LogP contribution < -0.4 is 5.73 Å². The van der Waals surface area contributed by atoms with Gasteiger partial charge in [-0.05, 0) is 32.6 Å². The van der Waals surface area contributed by atoms with Crippen molar-refractivity contribution in [2.75, 3.05) is 14.1 Å². The van der Waals surface area contributed by atoms with Crippen molar-refractivity contribution in [3.05, 3.63) is 46.2 Å². The van der Waals surface area contributed by atoms with E-state index in [1.165, 1.54) is 44.1 Å². The Bertz CT molecular complexity index is 1180. The first kappa shape index (κ1) is 22.9. The number of benzene rings is 1. The molecule has 11 nitrogen and oxygen atoms in total. The number of rotatable bonds is 2. The lowest BCUT2D eigenvalue weighted by Gasteiger charge is -2.55. The van der Waals surface area contributed by atoms with Crippen LogP contribution in [0.25, 0.3) is 5.76 Å². The number of aromatic hydroxyl groups is 1. The molecule has 1 saturated carbocycles. The highest BCUT2D eigenvalue weighted by Crippen LogP contribution is 2.57. The summed E-state index contributed by atoms with van der Waals surface area (Å²) < 4.78 is 0. The van der Waals surface area contributed by atoms with Crippen LogP contribution in [-0.2, 0) is 20.0 Å². The Morgan fingerprint density at radius 3 is 2.27 bits per heavy atom. The molecule has 11 heteroatoms. The Labute approximate surface area is 187 Å². The molecule has 33 heavy (non-hydrogen) atoms. The number of nitrogens with two attached hydrogens (primary N) is 1. The number of hydrogen-bond donors (Lipinski definition) is 7. The van der Waals surface area contributed by atoms with Crippen molar-refractivity contribution >= 4 is 23.2 Å². The molecule has 0 saturated heterocycles. The summed E-state index contributed by atoms with van der Waals surface area (Å²) in [5, 5.41) is 66.3. The van der Waals surface area contributed by atoms with Gasteiger partial charge in [0.2, 0.25) is 5.78 Å². The maximum Gasteiger partial charge on any atom is 0.255 e. The summed E-state index contributed by atoms with van der Waals surface area (Å²) >= 11 is 0. The van der Waals surface area contributed by atoms with E-state index >= 15 is 0 Å². The molecule has 1 amide bonds. The molecule has 3 aliphatic carbocycles. The molecule has 176 valence electrons. The van der Waals surface area contributed by atoms with Gasteiger partial charge in [0.05, 0.1) is 40.7 Å². The average molecular weight is 460 g/mol. The summed E-state index contributed by atoms with van der Waals surface area (Å²) in [6, 6.07) is 2.50. The van der Waals surface area contributed by atoms with Crippen LogP contribution in [0.15, 0.2) is 35.1 Å². The number of primary amides is 1. The topological polar surface area (TPSA) is 202 Å². The minimum Gasteiger partial charge on any atom is -0.508 e. The van der Waals surface area contributed by atoms with Crippen molar-refractivity contribution in [2.24, 2.45) is 17.6 Å². The number of amides is 1. The fraction of sp³-hybridized carbons (Fsp3) is 0.409. The van der Waals surface area contributed by atoms with Gasteiger partial charge in [0.25, 0.3) is 5.91 Å². The lowest BCUT2D eigenvalue weighted by Crippen LogP contribution is -2.71. The second kappa shape index (κ2) is 6.87. The van der Waals surface area contributed by atoms with Gasteiger partial charge in [-0.2, -0.15) is 0 Å². The van der Waals surface area contributed by atoms with E-state index in [1.54, 1.807) is 0 Å². The molecule has 3 aliphatic rings. The van der Waals surface area contributed by atoms with Crippen molar-refractivity contribution < 1.29 is 45.0 Å². The number of aliphatic hydroxyl groups excluding tert-OH is 3. The van der Waals surface area contributed by atoms with Crippen molar-refractivity contribution in [1.29, 1.82) is 0 Å². The van der Waals surface area contributed by atoms with Gasteiger partial charge in [-0.3, -0.25) is 19.3 Å². The number of phenols is 1. The van der Waals surface area contributed by atoms with Gasteiger partial charge < -0.3 is 36.4 Å². The maximum atomic E-state index is 13.7. The van der Waals surface area contributed by atoms with Crippen LogP contribution in [0.1, 0.15) is 18.1 Å². The van der Waals surface area contributed by atoms with Gasteiger partial charge in [-0.1, -0.05) is 12.1 Å². The maximum absolute atomic E-state index is 13.7. The van der Waals surface area contributed by atoms with E-state index in [1.807, 2.05) is 0 Å². The highest BCUT2D eigenvalue weighted by Gasteiger charge is 2.70. The number of fused-ring (bicyclic) bond motifs is 3. The van der Waals surface area contributed by atoms with Crippen molar-refractivity contribution in [1.82, 2.24) is 4.90 Å². The molecule has 0 radical (unpaired) electrons. The minimum absolute atomic E-state index is 0.00664. The molecule has 0 bridgehead atoms. The molecule has 0 aliphatic heterocycles. The predicted molar refractivity (Wildman–Crippen MR) is 112 cm³/mol. The Morgan fingerprint density at radius 1 is 1.12 bits per heavy atom. The van der Waals surface area contributed by atoms with Gasteiger partial charge >= 0.3 is 0 Å². The molecule has 0 spiro atoms. The zero-order valence-corrected chi connectivity index (χ0v) is 18.0. The first-order valence-electron chi connectivity index (χ1n) is 10.1. The van der Waals surface area contributed by atoms with Crippen LogP contribution in [0, 0.1) is 11.8 Å². The zero-order chi connectivity index (χ0) is 24.8. The van der Waals surface area contributed by atoms with Gasteiger partial charge in [0, 0.05) is 0 Å². The molecule has 0 unspecified atom stereocenters. The Hall–Kier alpha value is -3.25. The molecule has 6 atom stereocenters. The third-order valence-electron chi connectivity index (χ3n) is 7.03. The number of aliphatic hydroxyl groups is 5. The lowest BCUT2D eigenvalue weighted by atomic mass is 9.53. The van der Waals surface area contributed by atoms with E-state index < -0.39 is 81.1 Å². The summed E-state index contributed by atoms with van der Waals surface area (Å²) in [5.41, 5.74) is -1.78. The number of ketones is 2. The largest absolute Gasteiger partial charge is 0.508 e. The van der Waals surface area contributed by atoms with E-state index in [2.05, 4.69) is 0 Å². The molecular weight excluding hydrogens is 436 g/mol. The summed E-state index contributed by atoms with van der Waals surface area (Å²) in [7, 11) is 2.80. The molecular formula is C22H24N2O9. The van der Waals surface area contributed by atoms with Crippen LogP contribution >= 0.6 is 0 Å². The van der Waals surface area contributed by atoms with Gasteiger partial charge in [-0.25, -0.2) is 0 Å². The van der Waals surface area contributed by atoms with Crippen molar-refractivity contribution in [2.45, 2.75) is 30.3 Å². The molecule has 0 heterocycles. The SMILES string of the molecule is CN(C)[C@@H]1C(=O)C(C(N)=O)=C(O)[C@@]2(O)C(=O)C3=C(O)c4c(O)cccc4[C@@](C)(O)[C@H]3[C@@H](O)[C@@H]12. The quantitative estimate of drug-likeness (QED) is 0.257. The highest BCUT2D eigenvalue weighted by atomic mass is 16.4. The van der Waals surface area contributed by atoms with Gasteiger partial charge in [0.1, 0.15) is 22.8 Å². The van der Waals surface area contributed by atoms with Gasteiger partial charge in [0.15, 0.2) is 11.4 Å². The molecule has 1 aromatic carbocycles. The van der Waals surface area contributed by atoms with Crippen molar-refractivity contribution in [3.8, 4) is 5.75 Å². The number of carbonyl (C=O) groups is 3. The van der Waals surface area contributed by atoms with Crippen LogP contribution in [0.3, 0.4) is 0 Å². The van der Waals surface area contributed by atoms with E-state index in [9.17, 15) is 45.0 Å². The summed E-state index contributed by atoms with van der Waals surface area (Å²) in [6.45, 7) is 1.25. The van der Waals surface area contributed by atoms with Crippen molar-refractivity contribution in [3.63, 3.8) is 0 Å². The molecule has 1 fully saturated rings. The number of carbonyl (C=O) groups excluding carboxylic acids is 3. The standard InChI is InChI=1S/C22H24N2O9/c1-21(32)7-5-4-6-8(25)9(7)15(26)10-12(21)17(28)13-14(24(2)3)16(27)11(20(23)31)19(30)22(13,33)18(10)29/h4-6,12-14,17,25-26,28,30,32-33H,1-3H3,(H2,23,31)/t12-,13-,14+,17-,21-,22+/m1/s1. The molecule has 4 rings (SSSR count). The lowest BCUT2D eigenvalue weighted by molar-refractivity contribution is -0.181. The minimum atomic E-state index is -3.02. The number of phenolic OH excluding ortho intramolecular Hbond substituents is 1. The third-order valence-corrected chi connectivity index (χ3v) is 7.03. The Balaban J connectivity index is 2.11. The normalized spacial score (nSPS) is 36.0. The average Bonchev–Trinajstić information content (AvgIpc) is 2.70. The Kier molecular flexibility index (Phi) is 4.78. The molecule has 1 aromatic rings. The van der Waals surface area contributed by atoms with Crippen LogP contribution in [0.2, 0.25) is 0 Å². The fourth-order valence-corrected chi connectivity index (χ4v) is 5.60. The number of nitrogens with zero attached hydrogens (tertiary/aromatic N) is 1. The van der Waals surface area contributed by atoms with Crippen LogP contribution in [0.5, 0.6) is 5.75 Å². The smallest absolute Gasteiger partial charge is 0.255 e. The summed E-state index contributed by atoms with van der Waals surface area (Å²) in [5.74, 6) is -9.67. The predicted octanol–water partition coefficient (Wildman–Crippen LogP) is -1.40. The third kappa shape index (κ3) is 2.61. The second-order valence-electron chi connectivity index (χ2n) is 9.06. The first-order chi connectivity index (χ1) is 15.2. The van der Waals surface area contributed by atoms with E-state index in [4.69, 9.17) is 5.73 Å². The second-order valence-corrected chi connectivity index (χ2v) is 9.06. The molecule has 0 aromatic heterocycles. The van der Waals surface area contributed by atoms with Gasteiger partial charge in [-0.15, -0.1) is 0 Å². The van der Waals surface area contributed by atoms with Crippen LogP contribution in [0.4, 0.5) is 0 Å². The Morgan fingerprint density at radius 2 is 1.73 bits per heavy atom. The van der Waals surface area contributed by atoms with E-state index in [0.717, 1.165) is 0 Å². The van der Waals surface area contributed by atoms with Crippen LogP contribution in [-0.4, -0.2) is 84.9 Å². The monoisotopic (exact) mass is 460 g/mol. The zero-order valence-electron chi connectivity index (χ0n) is 18.0. The van der Waals surface area contributed by atoms with E-state index in [-0.39, 0.29) is 11.1 Å². The number of hydrogen-bond acceptors (Lipinski definition) is 10. The molecule has 8 N–H and O–H groups in total.